The molecule has 1 amide bonds. The Hall–Kier alpha value is -2.78. The second-order valence-electron chi connectivity index (χ2n) is 7.12. The SMILES string of the molecule is CC[C@@H](NC(C)(C)CC(N)=O)c1ccc(Cl)c(Oc2ccc([N+](=O)[O-])nc2)c1F. The van der Waals surface area contributed by atoms with Crippen LogP contribution in [0.15, 0.2) is 30.5 Å². The molecule has 2 rings (SSSR count). The van der Waals surface area contributed by atoms with E-state index in [1.54, 1.807) is 19.9 Å². The number of rotatable bonds is 9. The van der Waals surface area contributed by atoms with Gasteiger partial charge in [-0.15, -0.1) is 0 Å². The molecule has 0 aliphatic rings. The molecule has 0 fully saturated rings. The Morgan fingerprint density at radius 1 is 1.41 bits per heavy atom. The average molecular weight is 425 g/mol. The van der Waals surface area contributed by atoms with E-state index in [9.17, 15) is 14.9 Å². The van der Waals surface area contributed by atoms with Crippen molar-refractivity contribution in [1.29, 1.82) is 0 Å². The van der Waals surface area contributed by atoms with Crippen molar-refractivity contribution in [3.05, 3.63) is 57.0 Å². The van der Waals surface area contributed by atoms with Crippen molar-refractivity contribution in [1.82, 2.24) is 10.3 Å². The van der Waals surface area contributed by atoms with Gasteiger partial charge in [-0.3, -0.25) is 4.79 Å². The number of ether oxygens (including phenoxy) is 1. The number of nitrogens with one attached hydrogen (secondary N) is 1. The summed E-state index contributed by atoms with van der Waals surface area (Å²) in [5.41, 5.74) is 4.94. The van der Waals surface area contributed by atoms with Gasteiger partial charge in [-0.05, 0) is 42.3 Å². The number of nitro groups is 1. The number of hydrogen-bond donors (Lipinski definition) is 2. The lowest BCUT2D eigenvalue weighted by molar-refractivity contribution is -0.389. The van der Waals surface area contributed by atoms with E-state index >= 15 is 4.39 Å². The number of carbonyl (C=O) groups is 1. The molecule has 0 bridgehead atoms. The van der Waals surface area contributed by atoms with Gasteiger partial charge in [-0.25, -0.2) is 4.39 Å². The van der Waals surface area contributed by atoms with Crippen molar-refractivity contribution in [3.8, 4) is 11.5 Å². The summed E-state index contributed by atoms with van der Waals surface area (Å²) in [6.45, 7) is 5.47. The number of pyridine rings is 1. The van der Waals surface area contributed by atoms with Crippen molar-refractivity contribution in [2.24, 2.45) is 5.73 Å². The molecule has 0 spiro atoms. The molecule has 156 valence electrons. The van der Waals surface area contributed by atoms with Crippen LogP contribution in [-0.2, 0) is 4.79 Å². The first-order valence-corrected chi connectivity index (χ1v) is 9.24. The number of carbonyl (C=O) groups excluding carboxylic acids is 1. The second kappa shape index (κ2) is 9.15. The maximum atomic E-state index is 15.2. The molecule has 1 aromatic carbocycles. The molecule has 8 nitrogen and oxygen atoms in total. The molecule has 29 heavy (non-hydrogen) atoms. The summed E-state index contributed by atoms with van der Waals surface area (Å²) in [5.74, 6) is -1.62. The lowest BCUT2D eigenvalue weighted by Crippen LogP contribution is -2.44. The van der Waals surface area contributed by atoms with Gasteiger partial charge >= 0.3 is 5.82 Å². The van der Waals surface area contributed by atoms with Crippen LogP contribution in [0.2, 0.25) is 5.02 Å². The van der Waals surface area contributed by atoms with E-state index in [-0.39, 0.29) is 28.8 Å². The van der Waals surface area contributed by atoms with Crippen molar-refractivity contribution in [2.45, 2.75) is 45.2 Å². The Morgan fingerprint density at radius 2 is 2.10 bits per heavy atom. The molecule has 1 aromatic heterocycles. The minimum absolute atomic E-state index is 0.0378. The highest BCUT2D eigenvalue weighted by molar-refractivity contribution is 6.32. The summed E-state index contributed by atoms with van der Waals surface area (Å²) in [6.07, 6.45) is 1.72. The van der Waals surface area contributed by atoms with Crippen LogP contribution in [-0.4, -0.2) is 21.4 Å². The Morgan fingerprint density at radius 3 is 2.62 bits per heavy atom. The lowest BCUT2D eigenvalue weighted by atomic mass is 9.95. The van der Waals surface area contributed by atoms with Crippen LogP contribution in [0.1, 0.15) is 45.2 Å². The first-order valence-electron chi connectivity index (χ1n) is 8.86. The van der Waals surface area contributed by atoms with Gasteiger partial charge in [-0.2, -0.15) is 0 Å². The molecule has 0 aliphatic heterocycles. The average Bonchev–Trinajstić information content (AvgIpc) is 2.63. The number of aromatic nitrogens is 1. The van der Waals surface area contributed by atoms with Crippen molar-refractivity contribution in [2.75, 3.05) is 0 Å². The fraction of sp³-hybridized carbons (Fsp3) is 0.368. The molecule has 10 heteroatoms. The molecule has 0 unspecified atom stereocenters. The van der Waals surface area contributed by atoms with Crippen LogP contribution < -0.4 is 15.8 Å². The summed E-state index contributed by atoms with van der Waals surface area (Å²) < 4.78 is 20.7. The minimum Gasteiger partial charge on any atom is -0.449 e. The van der Waals surface area contributed by atoms with E-state index in [0.29, 0.717) is 12.0 Å². The van der Waals surface area contributed by atoms with Gasteiger partial charge in [0.05, 0.1) is 5.02 Å². The van der Waals surface area contributed by atoms with E-state index in [2.05, 4.69) is 10.3 Å². The maximum absolute atomic E-state index is 15.2. The lowest BCUT2D eigenvalue weighted by Gasteiger charge is -2.31. The summed E-state index contributed by atoms with van der Waals surface area (Å²) in [4.78, 5) is 25.0. The monoisotopic (exact) mass is 424 g/mol. The second-order valence-corrected chi connectivity index (χ2v) is 7.53. The number of primary amides is 1. The molecule has 0 radical (unpaired) electrons. The highest BCUT2D eigenvalue weighted by Gasteiger charge is 2.27. The molecule has 0 saturated heterocycles. The van der Waals surface area contributed by atoms with Crippen LogP contribution in [0.5, 0.6) is 11.5 Å². The van der Waals surface area contributed by atoms with Gasteiger partial charge in [0.2, 0.25) is 5.91 Å². The van der Waals surface area contributed by atoms with E-state index in [1.165, 1.54) is 12.1 Å². The highest BCUT2D eigenvalue weighted by atomic mass is 35.5. The van der Waals surface area contributed by atoms with Crippen LogP contribution in [0.3, 0.4) is 0 Å². The molecular weight excluding hydrogens is 403 g/mol. The third kappa shape index (κ3) is 5.85. The molecule has 1 atom stereocenters. The quantitative estimate of drug-likeness (QED) is 0.458. The van der Waals surface area contributed by atoms with Gasteiger partial charge in [0.15, 0.2) is 23.5 Å². The Kier molecular flexibility index (Phi) is 7.10. The van der Waals surface area contributed by atoms with E-state index < -0.39 is 28.2 Å². The zero-order valence-corrected chi connectivity index (χ0v) is 17.0. The number of amides is 1. The topological polar surface area (TPSA) is 120 Å². The van der Waals surface area contributed by atoms with Crippen LogP contribution in [0.4, 0.5) is 10.2 Å². The first-order chi connectivity index (χ1) is 13.5. The Balaban J connectivity index is 2.33. The number of hydrogen-bond acceptors (Lipinski definition) is 6. The van der Waals surface area contributed by atoms with Crippen LogP contribution in [0.25, 0.3) is 0 Å². The number of halogens is 2. The van der Waals surface area contributed by atoms with Crippen molar-refractivity contribution in [3.63, 3.8) is 0 Å². The first kappa shape index (κ1) is 22.5. The van der Waals surface area contributed by atoms with Gasteiger partial charge in [0, 0.05) is 29.6 Å². The van der Waals surface area contributed by atoms with E-state index in [4.69, 9.17) is 22.1 Å². The van der Waals surface area contributed by atoms with Gasteiger partial charge in [0.1, 0.15) is 0 Å². The molecule has 3 N–H and O–H groups in total. The normalized spacial score (nSPS) is 12.4. The summed E-state index contributed by atoms with van der Waals surface area (Å²) in [7, 11) is 0. The smallest absolute Gasteiger partial charge is 0.363 e. The molecular formula is C19H22ClFN4O4. The van der Waals surface area contributed by atoms with Gasteiger partial charge in [-0.1, -0.05) is 24.6 Å². The zero-order valence-electron chi connectivity index (χ0n) is 16.2. The summed E-state index contributed by atoms with van der Waals surface area (Å²) in [5, 5.41) is 14.0. The van der Waals surface area contributed by atoms with Crippen LogP contribution >= 0.6 is 11.6 Å². The van der Waals surface area contributed by atoms with Crippen LogP contribution in [0, 0.1) is 15.9 Å². The predicted molar refractivity (Wildman–Crippen MR) is 106 cm³/mol. The third-order valence-electron chi connectivity index (χ3n) is 4.17. The minimum atomic E-state index is -0.676. The molecule has 0 saturated carbocycles. The summed E-state index contributed by atoms with van der Waals surface area (Å²) in [6, 6.07) is 5.06. The van der Waals surface area contributed by atoms with E-state index in [1.807, 2.05) is 6.92 Å². The Labute approximate surface area is 172 Å². The van der Waals surface area contributed by atoms with Crippen molar-refractivity contribution < 1.29 is 18.8 Å². The number of nitrogens with two attached hydrogens (primary N) is 1. The van der Waals surface area contributed by atoms with Crippen molar-refractivity contribution >= 4 is 23.3 Å². The number of benzene rings is 1. The maximum Gasteiger partial charge on any atom is 0.363 e. The predicted octanol–water partition coefficient (Wildman–Crippen LogP) is 4.27. The van der Waals surface area contributed by atoms with Gasteiger partial charge in [0.25, 0.3) is 0 Å². The molecule has 0 aliphatic carbocycles. The zero-order chi connectivity index (χ0) is 21.8. The largest absolute Gasteiger partial charge is 0.449 e. The highest BCUT2D eigenvalue weighted by Crippen LogP contribution is 2.37. The summed E-state index contributed by atoms with van der Waals surface area (Å²) >= 11 is 6.11. The Bertz CT molecular complexity index is 906. The van der Waals surface area contributed by atoms with E-state index in [0.717, 1.165) is 12.3 Å². The third-order valence-corrected chi connectivity index (χ3v) is 4.47. The fourth-order valence-corrected chi connectivity index (χ4v) is 3.11. The molecule has 2 aromatic rings. The fourth-order valence-electron chi connectivity index (χ4n) is 2.93. The number of nitrogens with zero attached hydrogens (tertiary/aromatic N) is 2. The van der Waals surface area contributed by atoms with Gasteiger partial charge < -0.3 is 25.9 Å². The standard InChI is InChI=1S/C19H22ClFN4O4/c1-4-14(24-19(2,3)9-15(22)26)12-6-7-13(20)18(17(12)21)29-11-5-8-16(23-10-11)25(27)28/h5-8,10,14,24H,4,9H2,1-3H3,(H2,22,26)/t14-/m1/s1. The molecule has 1 heterocycles.